The number of carboxylic acid groups (broad SMARTS) is 1. The van der Waals surface area contributed by atoms with Crippen molar-refractivity contribution in [2.45, 2.75) is 19.3 Å². The fourth-order valence-corrected chi connectivity index (χ4v) is 2.23. The van der Waals surface area contributed by atoms with E-state index in [0.717, 1.165) is 16.8 Å². The molecule has 5 N–H and O–H groups in total. The number of hydrogen-bond donors (Lipinski definition) is 4. The number of rotatable bonds is 8. The van der Waals surface area contributed by atoms with Crippen LogP contribution < -0.4 is 16.5 Å². The van der Waals surface area contributed by atoms with Crippen molar-refractivity contribution in [2.75, 3.05) is 10.6 Å². The number of carbonyl (C=O) groups excluding carboxylic acids is 1. The zero-order valence-electron chi connectivity index (χ0n) is 13.6. The lowest BCUT2D eigenvalue weighted by Crippen LogP contribution is -2.14. The molecule has 0 aliphatic rings. The number of aryl methyl sites for hydroxylation is 1. The van der Waals surface area contributed by atoms with Crippen molar-refractivity contribution in [1.82, 2.24) is 0 Å². The molecule has 0 aromatic heterocycles. The van der Waals surface area contributed by atoms with Crippen LogP contribution in [0.4, 0.5) is 11.4 Å². The molecule has 0 bridgehead atoms. The molecule has 2 aromatic carbocycles. The van der Waals surface area contributed by atoms with Crippen molar-refractivity contribution in [3.63, 3.8) is 0 Å². The normalized spacial score (nSPS) is 10.6. The summed E-state index contributed by atoms with van der Waals surface area (Å²) in [6, 6.07) is 14.5. The molecule has 0 heterocycles. The highest BCUT2D eigenvalue weighted by Crippen LogP contribution is 2.13. The minimum atomic E-state index is -0.825. The first-order valence-electron chi connectivity index (χ1n) is 7.74. The van der Waals surface area contributed by atoms with E-state index in [0.29, 0.717) is 12.1 Å². The molecule has 0 fully saturated rings. The van der Waals surface area contributed by atoms with Gasteiger partial charge in [-0.1, -0.05) is 24.3 Å². The molecule has 1 amide bonds. The zero-order valence-corrected chi connectivity index (χ0v) is 13.6. The Morgan fingerprint density at radius 1 is 1.00 bits per heavy atom. The van der Waals surface area contributed by atoms with Gasteiger partial charge < -0.3 is 21.6 Å². The van der Waals surface area contributed by atoms with Crippen LogP contribution in [0.2, 0.25) is 0 Å². The van der Waals surface area contributed by atoms with Crippen molar-refractivity contribution >= 4 is 29.6 Å². The Morgan fingerprint density at radius 2 is 1.60 bits per heavy atom. The Morgan fingerprint density at radius 3 is 2.20 bits per heavy atom. The van der Waals surface area contributed by atoms with E-state index in [1.54, 1.807) is 12.1 Å². The van der Waals surface area contributed by atoms with Crippen LogP contribution in [0, 0.1) is 0 Å². The van der Waals surface area contributed by atoms with Crippen molar-refractivity contribution in [2.24, 2.45) is 10.9 Å². The van der Waals surface area contributed by atoms with E-state index in [1.807, 2.05) is 36.4 Å². The molecular weight excluding hydrogens is 320 g/mol. The monoisotopic (exact) mass is 340 g/mol. The van der Waals surface area contributed by atoms with E-state index < -0.39 is 5.97 Å². The van der Waals surface area contributed by atoms with Crippen molar-refractivity contribution in [1.29, 1.82) is 0 Å². The summed E-state index contributed by atoms with van der Waals surface area (Å²) in [6.07, 6.45) is 2.19. The third kappa shape index (κ3) is 6.34. The lowest BCUT2D eigenvalue weighted by Gasteiger charge is -2.07. The number of nitrogens with zero attached hydrogens (tertiary/aromatic N) is 1. The Balaban J connectivity index is 1.86. The molecule has 0 saturated carbocycles. The SMILES string of the molecule is NN=CNc1ccc(CC(=O)Nc2ccc(CCC(=O)O)cc2)cc1. The fraction of sp³-hybridized carbons (Fsp3) is 0.167. The molecule has 130 valence electrons. The van der Waals surface area contributed by atoms with Crippen LogP contribution in [0.5, 0.6) is 0 Å². The van der Waals surface area contributed by atoms with Crippen LogP contribution in [0.15, 0.2) is 53.6 Å². The Bertz CT molecular complexity index is 740. The quantitative estimate of drug-likeness (QED) is 0.254. The van der Waals surface area contributed by atoms with E-state index >= 15 is 0 Å². The van der Waals surface area contributed by atoms with Crippen LogP contribution in [0.3, 0.4) is 0 Å². The van der Waals surface area contributed by atoms with E-state index in [2.05, 4.69) is 15.7 Å². The fourth-order valence-electron chi connectivity index (χ4n) is 2.23. The molecule has 2 rings (SSSR count). The molecule has 0 aliphatic heterocycles. The number of nitrogens with one attached hydrogen (secondary N) is 2. The number of hydrogen-bond acceptors (Lipinski definition) is 4. The first-order chi connectivity index (χ1) is 12.1. The maximum absolute atomic E-state index is 12.1. The summed E-state index contributed by atoms with van der Waals surface area (Å²) in [4.78, 5) is 22.7. The average molecular weight is 340 g/mol. The highest BCUT2D eigenvalue weighted by Gasteiger charge is 2.05. The van der Waals surface area contributed by atoms with Gasteiger partial charge >= 0.3 is 5.97 Å². The summed E-state index contributed by atoms with van der Waals surface area (Å²) in [6.45, 7) is 0. The molecule has 0 aliphatic carbocycles. The van der Waals surface area contributed by atoms with Gasteiger partial charge in [0.1, 0.15) is 6.34 Å². The minimum Gasteiger partial charge on any atom is -0.481 e. The summed E-state index contributed by atoms with van der Waals surface area (Å²) in [7, 11) is 0. The molecule has 0 saturated heterocycles. The standard InChI is InChI=1S/C18H20N4O3/c19-21-12-20-15-6-3-14(4-7-15)11-17(23)22-16-8-1-13(2-9-16)5-10-18(24)25/h1-4,6-9,12H,5,10-11,19H2,(H,20,21)(H,22,23)(H,24,25). The van der Waals surface area contributed by atoms with E-state index in [1.165, 1.54) is 6.34 Å². The van der Waals surface area contributed by atoms with Crippen molar-refractivity contribution < 1.29 is 14.7 Å². The summed E-state index contributed by atoms with van der Waals surface area (Å²) < 4.78 is 0. The second kappa shape index (κ2) is 9.07. The number of aliphatic carboxylic acids is 1. The summed E-state index contributed by atoms with van der Waals surface area (Å²) in [5.74, 6) is 4.06. The number of anilines is 2. The van der Waals surface area contributed by atoms with Gasteiger partial charge in [0, 0.05) is 17.8 Å². The number of hydrazone groups is 1. The van der Waals surface area contributed by atoms with Crippen LogP contribution >= 0.6 is 0 Å². The van der Waals surface area contributed by atoms with Crippen molar-refractivity contribution in [3.8, 4) is 0 Å². The van der Waals surface area contributed by atoms with Gasteiger partial charge in [-0.2, -0.15) is 5.10 Å². The number of carboxylic acids is 1. The second-order valence-electron chi connectivity index (χ2n) is 5.44. The predicted octanol–water partition coefficient (Wildman–Crippen LogP) is 2.20. The van der Waals surface area contributed by atoms with Gasteiger partial charge in [-0.3, -0.25) is 9.59 Å². The molecule has 0 radical (unpaired) electrons. The third-order valence-electron chi connectivity index (χ3n) is 3.49. The molecule has 7 heteroatoms. The van der Waals surface area contributed by atoms with Gasteiger partial charge in [-0.05, 0) is 41.8 Å². The van der Waals surface area contributed by atoms with E-state index in [-0.39, 0.29) is 18.7 Å². The molecule has 2 aromatic rings. The lowest BCUT2D eigenvalue weighted by atomic mass is 10.1. The van der Waals surface area contributed by atoms with Crippen LogP contribution in [0.25, 0.3) is 0 Å². The Kier molecular flexibility index (Phi) is 6.53. The molecule has 0 unspecified atom stereocenters. The van der Waals surface area contributed by atoms with Gasteiger partial charge in [-0.25, -0.2) is 0 Å². The van der Waals surface area contributed by atoms with Crippen LogP contribution in [-0.2, 0) is 22.4 Å². The highest BCUT2D eigenvalue weighted by molar-refractivity contribution is 5.92. The number of carbonyl (C=O) groups is 2. The van der Waals surface area contributed by atoms with Gasteiger partial charge in [0.05, 0.1) is 6.42 Å². The van der Waals surface area contributed by atoms with Gasteiger partial charge in [-0.15, -0.1) is 0 Å². The number of amides is 1. The highest BCUT2D eigenvalue weighted by atomic mass is 16.4. The van der Waals surface area contributed by atoms with Crippen LogP contribution in [-0.4, -0.2) is 23.3 Å². The molecular formula is C18H20N4O3. The number of benzene rings is 2. The minimum absolute atomic E-state index is 0.0910. The van der Waals surface area contributed by atoms with Gasteiger partial charge in [0.25, 0.3) is 0 Å². The topological polar surface area (TPSA) is 117 Å². The maximum Gasteiger partial charge on any atom is 0.303 e. The third-order valence-corrected chi connectivity index (χ3v) is 3.49. The summed E-state index contributed by atoms with van der Waals surface area (Å²) in [5.41, 5.74) is 3.31. The molecule has 0 atom stereocenters. The van der Waals surface area contributed by atoms with Crippen molar-refractivity contribution in [3.05, 3.63) is 59.7 Å². The van der Waals surface area contributed by atoms with Gasteiger partial charge in [0.2, 0.25) is 5.91 Å². The van der Waals surface area contributed by atoms with E-state index in [9.17, 15) is 9.59 Å². The molecule has 0 spiro atoms. The predicted molar refractivity (Wildman–Crippen MR) is 97.5 cm³/mol. The number of nitrogens with two attached hydrogens (primary N) is 1. The zero-order chi connectivity index (χ0) is 18.1. The first kappa shape index (κ1) is 18.0. The Hall–Kier alpha value is -3.35. The Labute approximate surface area is 145 Å². The average Bonchev–Trinajstić information content (AvgIpc) is 2.60. The molecule has 7 nitrogen and oxygen atoms in total. The van der Waals surface area contributed by atoms with Gasteiger partial charge in [0.15, 0.2) is 0 Å². The second-order valence-corrected chi connectivity index (χ2v) is 5.44. The van der Waals surface area contributed by atoms with E-state index in [4.69, 9.17) is 10.9 Å². The largest absolute Gasteiger partial charge is 0.481 e. The molecule has 25 heavy (non-hydrogen) atoms. The lowest BCUT2D eigenvalue weighted by molar-refractivity contribution is -0.137. The smallest absolute Gasteiger partial charge is 0.303 e. The van der Waals surface area contributed by atoms with Crippen LogP contribution in [0.1, 0.15) is 17.5 Å². The summed E-state index contributed by atoms with van der Waals surface area (Å²) >= 11 is 0. The summed E-state index contributed by atoms with van der Waals surface area (Å²) in [5, 5.41) is 17.7. The first-order valence-corrected chi connectivity index (χ1v) is 7.74. The maximum atomic E-state index is 12.1.